The molecule has 0 unspecified atom stereocenters. The van der Waals surface area contributed by atoms with E-state index in [1.54, 1.807) is 0 Å². The summed E-state index contributed by atoms with van der Waals surface area (Å²) in [6.45, 7) is 7.91. The quantitative estimate of drug-likeness (QED) is 0.862. The van der Waals surface area contributed by atoms with Crippen LogP contribution in [0.25, 0.3) is 0 Å². The average Bonchev–Trinajstić information content (AvgIpc) is 2.83. The second kappa shape index (κ2) is 6.88. The molecule has 0 radical (unpaired) electrons. The molecule has 1 atom stereocenters. The lowest BCUT2D eigenvalue weighted by Gasteiger charge is -2.26. The fourth-order valence-electron chi connectivity index (χ4n) is 2.73. The summed E-state index contributed by atoms with van der Waals surface area (Å²) in [5, 5.41) is 3.39. The number of hydrogen-bond donors (Lipinski definition) is 1. The Kier molecular flexibility index (Phi) is 5.17. The lowest BCUT2D eigenvalue weighted by molar-refractivity contribution is 0.234. The minimum Gasteiger partial charge on any atom is -0.363 e. The van der Waals surface area contributed by atoms with Crippen molar-refractivity contribution < 1.29 is 0 Å². The van der Waals surface area contributed by atoms with Crippen LogP contribution < -0.4 is 10.2 Å². The van der Waals surface area contributed by atoms with Crippen molar-refractivity contribution in [3.63, 3.8) is 0 Å². The van der Waals surface area contributed by atoms with E-state index in [4.69, 9.17) is 0 Å². The molecule has 0 bridgehead atoms. The maximum Gasteiger partial charge on any atom is 0.224 e. The zero-order valence-electron chi connectivity index (χ0n) is 13.1. The fraction of sp³-hybridized carbons (Fsp3) is 0.733. The summed E-state index contributed by atoms with van der Waals surface area (Å²) >= 11 is 0. The van der Waals surface area contributed by atoms with Crippen molar-refractivity contribution in [3.8, 4) is 0 Å². The highest BCUT2D eigenvalue weighted by Gasteiger charge is 2.24. The van der Waals surface area contributed by atoms with Crippen molar-refractivity contribution in [1.82, 2.24) is 14.9 Å². The van der Waals surface area contributed by atoms with Gasteiger partial charge in [-0.2, -0.15) is 4.98 Å². The van der Waals surface area contributed by atoms with Crippen LogP contribution in [-0.4, -0.2) is 54.6 Å². The van der Waals surface area contributed by atoms with Crippen LogP contribution in [0.1, 0.15) is 26.7 Å². The lowest BCUT2D eigenvalue weighted by Crippen LogP contribution is -2.37. The normalized spacial score (nSPS) is 19.6. The Hall–Kier alpha value is -1.36. The first kappa shape index (κ1) is 15.0. The molecule has 20 heavy (non-hydrogen) atoms. The van der Waals surface area contributed by atoms with Crippen LogP contribution in [0.3, 0.4) is 0 Å². The Balaban J connectivity index is 1.89. The van der Waals surface area contributed by atoms with Crippen LogP contribution in [0.5, 0.6) is 0 Å². The summed E-state index contributed by atoms with van der Waals surface area (Å²) in [5.74, 6) is 2.39. The first-order valence-electron chi connectivity index (χ1n) is 7.54. The van der Waals surface area contributed by atoms with E-state index in [1.807, 2.05) is 31.3 Å². The Morgan fingerprint density at radius 2 is 2.25 bits per heavy atom. The first-order chi connectivity index (χ1) is 9.56. The first-order valence-corrected chi connectivity index (χ1v) is 7.54. The number of likely N-dealkylation sites (tertiary alicyclic amines) is 1. The molecule has 1 aromatic heterocycles. The molecule has 1 aliphatic heterocycles. The molecule has 1 aliphatic rings. The SMILES string of the molecule is CC(C)CN1CCC[C@H]1CNc1nccc(N(C)C)n1. The zero-order valence-corrected chi connectivity index (χ0v) is 13.1. The van der Waals surface area contributed by atoms with Crippen molar-refractivity contribution >= 4 is 11.8 Å². The van der Waals surface area contributed by atoms with Gasteiger partial charge in [0, 0.05) is 39.4 Å². The molecule has 0 amide bonds. The molecule has 0 saturated carbocycles. The molecule has 0 aliphatic carbocycles. The maximum absolute atomic E-state index is 4.50. The molecule has 0 aromatic carbocycles. The van der Waals surface area contributed by atoms with E-state index in [1.165, 1.54) is 25.9 Å². The van der Waals surface area contributed by atoms with Gasteiger partial charge in [-0.25, -0.2) is 4.98 Å². The Labute approximate surface area is 122 Å². The fourth-order valence-corrected chi connectivity index (χ4v) is 2.73. The summed E-state index contributed by atoms with van der Waals surface area (Å²) < 4.78 is 0. The van der Waals surface area contributed by atoms with Crippen LogP contribution in [0.15, 0.2) is 12.3 Å². The van der Waals surface area contributed by atoms with Crippen LogP contribution in [-0.2, 0) is 0 Å². The smallest absolute Gasteiger partial charge is 0.224 e. The molecule has 1 saturated heterocycles. The number of anilines is 2. The molecule has 5 heteroatoms. The Bertz CT molecular complexity index is 418. The minimum absolute atomic E-state index is 0.615. The van der Waals surface area contributed by atoms with Crippen molar-refractivity contribution in [3.05, 3.63) is 12.3 Å². The molecule has 2 rings (SSSR count). The van der Waals surface area contributed by atoms with E-state index < -0.39 is 0 Å². The summed E-state index contributed by atoms with van der Waals surface area (Å²) in [6.07, 6.45) is 4.38. The van der Waals surface area contributed by atoms with Gasteiger partial charge in [0.1, 0.15) is 5.82 Å². The van der Waals surface area contributed by atoms with Crippen molar-refractivity contribution in [2.24, 2.45) is 5.92 Å². The summed E-state index contributed by atoms with van der Waals surface area (Å²) in [6, 6.07) is 2.54. The van der Waals surface area contributed by atoms with E-state index in [0.29, 0.717) is 6.04 Å². The Morgan fingerprint density at radius 1 is 1.45 bits per heavy atom. The van der Waals surface area contributed by atoms with Gasteiger partial charge in [-0.05, 0) is 31.4 Å². The number of nitrogens with one attached hydrogen (secondary N) is 1. The number of aromatic nitrogens is 2. The van der Waals surface area contributed by atoms with E-state index in [0.717, 1.165) is 24.2 Å². The largest absolute Gasteiger partial charge is 0.363 e. The summed E-state index contributed by atoms with van der Waals surface area (Å²) in [5.41, 5.74) is 0. The topological polar surface area (TPSA) is 44.3 Å². The third kappa shape index (κ3) is 4.07. The minimum atomic E-state index is 0.615. The second-order valence-corrected chi connectivity index (χ2v) is 6.20. The van der Waals surface area contributed by atoms with E-state index in [-0.39, 0.29) is 0 Å². The molecular formula is C15H27N5. The van der Waals surface area contributed by atoms with Crippen LogP contribution in [0, 0.1) is 5.92 Å². The van der Waals surface area contributed by atoms with Gasteiger partial charge in [0.05, 0.1) is 0 Å². The predicted molar refractivity (Wildman–Crippen MR) is 84.3 cm³/mol. The molecule has 5 nitrogen and oxygen atoms in total. The molecule has 112 valence electrons. The highest BCUT2D eigenvalue weighted by atomic mass is 15.2. The molecule has 0 spiro atoms. The Morgan fingerprint density at radius 3 is 2.95 bits per heavy atom. The standard InChI is InChI=1S/C15H27N5/c1-12(2)11-20-9-5-6-13(20)10-17-15-16-8-7-14(18-15)19(3)4/h7-8,12-13H,5-6,9-11H2,1-4H3,(H,16,17,18)/t13-/m0/s1. The van der Waals surface area contributed by atoms with Gasteiger partial charge in [0.15, 0.2) is 0 Å². The van der Waals surface area contributed by atoms with Crippen LogP contribution in [0.2, 0.25) is 0 Å². The number of rotatable bonds is 6. The number of nitrogens with zero attached hydrogens (tertiary/aromatic N) is 4. The predicted octanol–water partition coefficient (Wildman–Crippen LogP) is 2.07. The molecule has 1 aromatic rings. The van der Waals surface area contributed by atoms with Crippen molar-refractivity contribution in [1.29, 1.82) is 0 Å². The molecular weight excluding hydrogens is 250 g/mol. The second-order valence-electron chi connectivity index (χ2n) is 6.20. The number of hydrogen-bond acceptors (Lipinski definition) is 5. The third-order valence-corrected chi connectivity index (χ3v) is 3.69. The van der Waals surface area contributed by atoms with E-state index in [2.05, 4.69) is 34.0 Å². The molecule has 2 heterocycles. The van der Waals surface area contributed by atoms with Gasteiger partial charge in [-0.15, -0.1) is 0 Å². The van der Waals surface area contributed by atoms with Crippen molar-refractivity contribution in [2.75, 3.05) is 43.9 Å². The zero-order chi connectivity index (χ0) is 14.5. The van der Waals surface area contributed by atoms with Gasteiger partial charge >= 0.3 is 0 Å². The third-order valence-electron chi connectivity index (χ3n) is 3.69. The highest BCUT2D eigenvalue weighted by Crippen LogP contribution is 2.19. The monoisotopic (exact) mass is 277 g/mol. The van der Waals surface area contributed by atoms with Crippen LogP contribution in [0.4, 0.5) is 11.8 Å². The van der Waals surface area contributed by atoms with Crippen LogP contribution >= 0.6 is 0 Å². The lowest BCUT2D eigenvalue weighted by atomic mass is 10.1. The summed E-state index contributed by atoms with van der Waals surface area (Å²) in [7, 11) is 3.99. The van der Waals surface area contributed by atoms with Gasteiger partial charge in [0.2, 0.25) is 5.95 Å². The van der Waals surface area contributed by atoms with Gasteiger partial charge in [0.25, 0.3) is 0 Å². The highest BCUT2D eigenvalue weighted by molar-refractivity contribution is 5.40. The molecule has 1 fully saturated rings. The van der Waals surface area contributed by atoms with E-state index in [9.17, 15) is 0 Å². The van der Waals surface area contributed by atoms with Crippen molar-refractivity contribution in [2.45, 2.75) is 32.7 Å². The van der Waals surface area contributed by atoms with Gasteiger partial charge in [-0.3, -0.25) is 4.90 Å². The summed E-state index contributed by atoms with van der Waals surface area (Å²) in [4.78, 5) is 13.4. The maximum atomic E-state index is 4.50. The van der Waals surface area contributed by atoms with E-state index >= 15 is 0 Å². The van der Waals surface area contributed by atoms with Gasteiger partial charge < -0.3 is 10.2 Å². The average molecular weight is 277 g/mol. The molecule has 1 N–H and O–H groups in total. The van der Waals surface area contributed by atoms with Gasteiger partial charge in [-0.1, -0.05) is 13.8 Å².